The van der Waals surface area contributed by atoms with Crippen molar-refractivity contribution in [2.75, 3.05) is 6.73 Å². The first-order valence-corrected chi connectivity index (χ1v) is 5.08. The lowest BCUT2D eigenvalue weighted by atomic mass is 10.3. The normalized spacial score (nSPS) is 15.1. The van der Waals surface area contributed by atoms with Crippen molar-refractivity contribution in [3.63, 3.8) is 0 Å². The molecule has 16 heavy (non-hydrogen) atoms. The number of hydrogen-bond acceptors (Lipinski definition) is 4. The molecule has 0 aromatic heterocycles. The lowest BCUT2D eigenvalue weighted by molar-refractivity contribution is 0.118. The fourth-order valence-electron chi connectivity index (χ4n) is 1.08. The zero-order valence-electron chi connectivity index (χ0n) is 7.96. The van der Waals surface area contributed by atoms with Gasteiger partial charge in [-0.05, 0) is 18.2 Å². The molecule has 1 aliphatic rings. The Morgan fingerprint density at radius 3 is 2.81 bits per heavy atom. The van der Waals surface area contributed by atoms with Crippen LogP contribution in [0.1, 0.15) is 0 Å². The van der Waals surface area contributed by atoms with E-state index in [0.717, 1.165) is 0 Å². The van der Waals surface area contributed by atoms with Gasteiger partial charge in [-0.1, -0.05) is 23.2 Å². The second-order valence-corrected chi connectivity index (χ2v) is 3.79. The van der Waals surface area contributed by atoms with Crippen LogP contribution in [0.4, 0.5) is 4.79 Å². The standard InChI is InChI=1S/C8H8Cl2N4O2/c9-5-1-2-7(6(10)3-5)16-4-14-8(15)11-12-13-14/h1-3,12-13H,4H2,(H,11,15). The van der Waals surface area contributed by atoms with E-state index in [0.29, 0.717) is 15.8 Å². The third-order valence-corrected chi connectivity index (χ3v) is 2.38. The summed E-state index contributed by atoms with van der Waals surface area (Å²) in [4.78, 5) is 11.1. The summed E-state index contributed by atoms with van der Waals surface area (Å²) in [5.41, 5.74) is 7.28. The molecule has 2 rings (SSSR count). The highest BCUT2D eigenvalue weighted by molar-refractivity contribution is 6.35. The van der Waals surface area contributed by atoms with Crippen LogP contribution in [-0.4, -0.2) is 17.8 Å². The number of carbonyl (C=O) groups excluding carboxylic acids is 1. The van der Waals surface area contributed by atoms with Crippen LogP contribution in [0.3, 0.4) is 0 Å². The molecule has 1 aromatic rings. The number of hydrazine groups is 3. The Bertz CT molecular complexity index is 415. The highest BCUT2D eigenvalue weighted by Crippen LogP contribution is 2.27. The maximum Gasteiger partial charge on any atom is 0.351 e. The van der Waals surface area contributed by atoms with Gasteiger partial charge in [0.15, 0.2) is 6.73 Å². The minimum absolute atomic E-state index is 0.0141. The van der Waals surface area contributed by atoms with Gasteiger partial charge in [0.1, 0.15) is 5.75 Å². The molecule has 86 valence electrons. The van der Waals surface area contributed by atoms with Crippen molar-refractivity contribution in [1.29, 1.82) is 0 Å². The Morgan fingerprint density at radius 1 is 1.38 bits per heavy atom. The number of urea groups is 1. The van der Waals surface area contributed by atoms with Crippen molar-refractivity contribution in [3.05, 3.63) is 28.2 Å². The highest BCUT2D eigenvalue weighted by atomic mass is 35.5. The SMILES string of the molecule is O=C1NNNN1COc1ccc(Cl)cc1Cl. The zero-order valence-corrected chi connectivity index (χ0v) is 9.47. The van der Waals surface area contributed by atoms with Crippen molar-refractivity contribution in [1.82, 2.24) is 21.5 Å². The average Bonchev–Trinajstić information content (AvgIpc) is 2.63. The van der Waals surface area contributed by atoms with Gasteiger partial charge in [-0.2, -0.15) is 0 Å². The fraction of sp³-hybridized carbons (Fsp3) is 0.125. The van der Waals surface area contributed by atoms with Gasteiger partial charge in [-0.15, -0.1) is 11.1 Å². The molecule has 8 heteroatoms. The lowest BCUT2D eigenvalue weighted by Crippen LogP contribution is -2.40. The van der Waals surface area contributed by atoms with E-state index >= 15 is 0 Å². The number of carbonyl (C=O) groups is 1. The Hall–Kier alpha value is -1.21. The molecular formula is C8H8Cl2N4O2. The topological polar surface area (TPSA) is 65.6 Å². The second-order valence-electron chi connectivity index (χ2n) is 2.94. The van der Waals surface area contributed by atoms with Gasteiger partial charge < -0.3 is 4.74 Å². The number of hydrogen-bond donors (Lipinski definition) is 3. The number of nitrogens with one attached hydrogen (secondary N) is 3. The van der Waals surface area contributed by atoms with E-state index in [-0.39, 0.29) is 12.8 Å². The van der Waals surface area contributed by atoms with Gasteiger partial charge >= 0.3 is 6.03 Å². The number of ether oxygens (including phenoxy) is 1. The first-order valence-electron chi connectivity index (χ1n) is 4.33. The maximum atomic E-state index is 11.1. The van der Waals surface area contributed by atoms with E-state index in [2.05, 4.69) is 16.5 Å². The van der Waals surface area contributed by atoms with E-state index in [9.17, 15) is 4.79 Å². The molecule has 0 saturated carbocycles. The largest absolute Gasteiger partial charge is 0.470 e. The summed E-state index contributed by atoms with van der Waals surface area (Å²) in [5, 5.41) is 2.11. The van der Waals surface area contributed by atoms with E-state index in [1.807, 2.05) is 0 Å². The fourth-order valence-corrected chi connectivity index (χ4v) is 1.55. The third-order valence-electron chi connectivity index (χ3n) is 1.85. The predicted molar refractivity (Wildman–Crippen MR) is 58.6 cm³/mol. The van der Waals surface area contributed by atoms with Crippen LogP contribution in [0.5, 0.6) is 5.75 Å². The summed E-state index contributed by atoms with van der Waals surface area (Å²) >= 11 is 11.6. The van der Waals surface area contributed by atoms with Crippen molar-refractivity contribution in [3.8, 4) is 5.75 Å². The summed E-state index contributed by atoms with van der Waals surface area (Å²) < 4.78 is 5.32. The number of benzene rings is 1. The van der Waals surface area contributed by atoms with Gasteiger partial charge in [0.05, 0.1) is 5.02 Å². The monoisotopic (exact) mass is 262 g/mol. The van der Waals surface area contributed by atoms with Gasteiger partial charge in [0.2, 0.25) is 0 Å². The molecule has 1 heterocycles. The number of rotatable bonds is 3. The van der Waals surface area contributed by atoms with Crippen LogP contribution >= 0.6 is 23.2 Å². The van der Waals surface area contributed by atoms with E-state index < -0.39 is 0 Å². The summed E-state index contributed by atoms with van der Waals surface area (Å²) in [6.07, 6.45) is 0. The van der Waals surface area contributed by atoms with Crippen molar-refractivity contribution in [2.24, 2.45) is 0 Å². The molecule has 0 unspecified atom stereocenters. The van der Waals surface area contributed by atoms with Crippen LogP contribution in [0.25, 0.3) is 0 Å². The van der Waals surface area contributed by atoms with Gasteiger partial charge in [-0.3, -0.25) is 5.43 Å². The number of nitrogens with zero attached hydrogens (tertiary/aromatic N) is 1. The van der Waals surface area contributed by atoms with Crippen molar-refractivity contribution >= 4 is 29.2 Å². The third kappa shape index (κ3) is 2.48. The molecule has 1 aromatic carbocycles. The molecule has 3 N–H and O–H groups in total. The van der Waals surface area contributed by atoms with Gasteiger partial charge in [0, 0.05) is 5.02 Å². The number of amides is 2. The first kappa shape index (κ1) is 11.3. The summed E-state index contributed by atoms with van der Waals surface area (Å²) in [7, 11) is 0. The zero-order chi connectivity index (χ0) is 11.5. The Balaban J connectivity index is 1.96. The van der Waals surface area contributed by atoms with E-state index in [4.69, 9.17) is 27.9 Å². The Kier molecular flexibility index (Phi) is 3.35. The van der Waals surface area contributed by atoms with Gasteiger partial charge in [0.25, 0.3) is 0 Å². The molecule has 1 fully saturated rings. The van der Waals surface area contributed by atoms with Crippen LogP contribution in [0.2, 0.25) is 10.0 Å². The minimum Gasteiger partial charge on any atom is -0.470 e. The van der Waals surface area contributed by atoms with Crippen LogP contribution in [-0.2, 0) is 0 Å². The Morgan fingerprint density at radius 2 is 2.19 bits per heavy atom. The van der Waals surface area contributed by atoms with Crippen LogP contribution in [0.15, 0.2) is 18.2 Å². The number of halogens is 2. The summed E-state index contributed by atoms with van der Waals surface area (Å²) in [6, 6.07) is 4.50. The lowest BCUT2D eigenvalue weighted by Gasteiger charge is -2.14. The predicted octanol–water partition coefficient (Wildman–Crippen LogP) is 1.28. The Labute approximate surface area is 101 Å². The van der Waals surface area contributed by atoms with Crippen molar-refractivity contribution < 1.29 is 9.53 Å². The molecular weight excluding hydrogens is 255 g/mol. The molecule has 0 spiro atoms. The molecule has 0 bridgehead atoms. The molecule has 1 saturated heterocycles. The van der Waals surface area contributed by atoms with E-state index in [1.54, 1.807) is 18.2 Å². The van der Waals surface area contributed by atoms with Crippen molar-refractivity contribution in [2.45, 2.75) is 0 Å². The molecule has 0 atom stereocenters. The summed E-state index contributed by atoms with van der Waals surface area (Å²) in [5.74, 6) is 0.451. The molecule has 0 radical (unpaired) electrons. The highest BCUT2D eigenvalue weighted by Gasteiger charge is 2.19. The average molecular weight is 263 g/mol. The minimum atomic E-state index is -0.343. The summed E-state index contributed by atoms with van der Waals surface area (Å²) in [6.45, 7) is 0.0141. The first-order chi connectivity index (χ1) is 7.66. The quantitative estimate of drug-likeness (QED) is 0.768. The van der Waals surface area contributed by atoms with E-state index in [1.165, 1.54) is 5.01 Å². The second kappa shape index (κ2) is 4.75. The smallest absolute Gasteiger partial charge is 0.351 e. The molecule has 2 amide bonds. The maximum absolute atomic E-state index is 11.1. The van der Waals surface area contributed by atoms with Crippen LogP contribution < -0.4 is 21.2 Å². The molecule has 1 aliphatic heterocycles. The van der Waals surface area contributed by atoms with Crippen LogP contribution in [0, 0.1) is 0 Å². The molecule has 0 aliphatic carbocycles. The molecule has 6 nitrogen and oxygen atoms in total. The van der Waals surface area contributed by atoms with Gasteiger partial charge in [-0.25, -0.2) is 9.80 Å².